The van der Waals surface area contributed by atoms with E-state index in [1.54, 1.807) is 0 Å². The van der Waals surface area contributed by atoms with E-state index < -0.39 is 53.9 Å². The third-order valence-electron chi connectivity index (χ3n) is 7.42. The standard InChI is InChI=1S/C26H30ClFN6O4.2C2HF3O2/c27-20-6-4-18(10-21(20)28)32-23(35)24(36)33-22-17(11-31-26(29)30)9-16-8-14(3-5-19(16)22)12-34-7-1-2-15(13-34)25(37)38;2*3-2(4,5)1(6)7/h3-6,8,10,15,17,22H,1-2,7,9,11-13H2,(H,32,35)(H,33,36)(H,37,38)(H4,29,30,31);2*(H,6,7)/t15-,17+,22+;;/m0../s1. The number of rotatable bonds is 7. The summed E-state index contributed by atoms with van der Waals surface area (Å²) >= 11 is 5.67. The molecule has 0 spiro atoms. The average Bonchev–Trinajstić information content (AvgIpc) is 3.37. The van der Waals surface area contributed by atoms with E-state index >= 15 is 0 Å². The van der Waals surface area contributed by atoms with Crippen molar-refractivity contribution in [3.05, 3.63) is 63.9 Å². The van der Waals surface area contributed by atoms with Crippen molar-refractivity contribution in [1.29, 1.82) is 0 Å². The van der Waals surface area contributed by atoms with Crippen molar-refractivity contribution in [3.63, 3.8) is 0 Å². The molecule has 2 amide bonds. The van der Waals surface area contributed by atoms with Crippen molar-refractivity contribution in [2.45, 2.75) is 44.2 Å². The molecule has 0 unspecified atom stereocenters. The largest absolute Gasteiger partial charge is 0.490 e. The molecule has 1 aliphatic carbocycles. The van der Waals surface area contributed by atoms with Gasteiger partial charge in [0.05, 0.1) is 17.0 Å². The molecule has 2 aliphatic rings. The molecule has 0 aromatic heterocycles. The second kappa shape index (κ2) is 18.4. The summed E-state index contributed by atoms with van der Waals surface area (Å²) in [6.45, 7) is 2.20. The number of alkyl halides is 6. The van der Waals surface area contributed by atoms with E-state index in [-0.39, 0.29) is 35.1 Å². The molecular weight excluding hydrogens is 741 g/mol. The van der Waals surface area contributed by atoms with Crippen molar-refractivity contribution < 1.29 is 70.0 Å². The fourth-order valence-corrected chi connectivity index (χ4v) is 5.23. The van der Waals surface area contributed by atoms with Crippen molar-refractivity contribution in [2.24, 2.45) is 28.3 Å². The Bertz CT molecular complexity index is 1650. The number of nitrogens with two attached hydrogens (primary N) is 2. The number of hydrogen-bond acceptors (Lipinski definition) is 7. The zero-order valence-corrected chi connectivity index (χ0v) is 27.4. The molecule has 286 valence electrons. The number of carbonyl (C=O) groups excluding carboxylic acids is 2. The van der Waals surface area contributed by atoms with Crippen LogP contribution in [0.15, 0.2) is 41.4 Å². The number of carboxylic acid groups (broad SMARTS) is 3. The molecule has 0 bridgehead atoms. The maximum Gasteiger partial charge on any atom is 0.490 e. The fourth-order valence-electron chi connectivity index (χ4n) is 5.11. The molecule has 1 heterocycles. The summed E-state index contributed by atoms with van der Waals surface area (Å²) < 4.78 is 77.2. The van der Waals surface area contributed by atoms with Gasteiger partial charge < -0.3 is 37.4 Å². The third kappa shape index (κ3) is 13.5. The van der Waals surface area contributed by atoms with Gasteiger partial charge >= 0.3 is 42.1 Å². The molecule has 1 saturated heterocycles. The second-order valence-electron chi connectivity index (χ2n) is 11.3. The number of benzene rings is 2. The number of anilines is 1. The summed E-state index contributed by atoms with van der Waals surface area (Å²) in [6.07, 6.45) is -8.07. The summed E-state index contributed by atoms with van der Waals surface area (Å²) in [4.78, 5) is 60.8. The second-order valence-corrected chi connectivity index (χ2v) is 11.7. The van der Waals surface area contributed by atoms with E-state index in [1.165, 1.54) is 12.1 Å². The molecule has 1 aliphatic heterocycles. The van der Waals surface area contributed by atoms with Gasteiger partial charge in [0.2, 0.25) is 0 Å². The summed E-state index contributed by atoms with van der Waals surface area (Å²) in [5.41, 5.74) is 14.0. The number of hydrogen-bond donors (Lipinski definition) is 7. The lowest BCUT2D eigenvalue weighted by atomic mass is 9.97. The molecule has 2 aromatic carbocycles. The van der Waals surface area contributed by atoms with Crippen LogP contribution in [0, 0.1) is 17.7 Å². The van der Waals surface area contributed by atoms with Crippen LogP contribution in [0.5, 0.6) is 0 Å². The summed E-state index contributed by atoms with van der Waals surface area (Å²) in [7, 11) is 0. The lowest BCUT2D eigenvalue weighted by Gasteiger charge is -2.30. The van der Waals surface area contributed by atoms with Gasteiger partial charge in [-0.1, -0.05) is 29.8 Å². The van der Waals surface area contributed by atoms with Crippen molar-refractivity contribution >= 4 is 53.0 Å². The highest BCUT2D eigenvalue weighted by Gasteiger charge is 2.39. The van der Waals surface area contributed by atoms with Crippen molar-refractivity contribution in [3.8, 4) is 0 Å². The van der Waals surface area contributed by atoms with Crippen LogP contribution in [-0.2, 0) is 36.9 Å². The average molecular weight is 773 g/mol. The minimum Gasteiger partial charge on any atom is -0.481 e. The summed E-state index contributed by atoms with van der Waals surface area (Å²) in [5, 5.41) is 28.7. The Kier molecular flexibility index (Phi) is 15.2. The van der Waals surface area contributed by atoms with Gasteiger partial charge in [-0.25, -0.2) is 14.0 Å². The van der Waals surface area contributed by atoms with Crippen LogP contribution in [-0.4, -0.2) is 87.9 Å². The number of carbonyl (C=O) groups is 5. The number of amides is 2. The predicted octanol–water partition coefficient (Wildman–Crippen LogP) is 3.28. The van der Waals surface area contributed by atoms with E-state index in [2.05, 4.69) is 20.5 Å². The number of guanidine groups is 1. The Hall–Kier alpha value is -5.18. The van der Waals surface area contributed by atoms with Crippen molar-refractivity contribution in [1.82, 2.24) is 10.2 Å². The lowest BCUT2D eigenvalue weighted by molar-refractivity contribution is -0.193. The van der Waals surface area contributed by atoms with Gasteiger partial charge in [-0.15, -0.1) is 0 Å². The highest BCUT2D eigenvalue weighted by molar-refractivity contribution is 6.39. The smallest absolute Gasteiger partial charge is 0.481 e. The molecule has 3 atom stereocenters. The Morgan fingerprint density at radius 2 is 1.52 bits per heavy atom. The maximum atomic E-state index is 13.7. The van der Waals surface area contributed by atoms with Gasteiger partial charge in [-0.3, -0.25) is 24.3 Å². The number of halogens is 8. The molecule has 4 rings (SSSR count). The van der Waals surface area contributed by atoms with Gasteiger partial charge in [-0.05, 0) is 60.7 Å². The molecule has 0 saturated carbocycles. The highest BCUT2D eigenvalue weighted by Crippen LogP contribution is 2.37. The Labute approximate surface area is 294 Å². The van der Waals surface area contributed by atoms with Crippen LogP contribution in [0.2, 0.25) is 5.02 Å². The third-order valence-corrected chi connectivity index (χ3v) is 7.73. The van der Waals surface area contributed by atoms with Crippen LogP contribution in [0.1, 0.15) is 35.6 Å². The minimum absolute atomic E-state index is 0.0766. The summed E-state index contributed by atoms with van der Waals surface area (Å²) in [5.74, 6) is -9.47. The van der Waals surface area contributed by atoms with E-state index in [4.69, 9.17) is 42.9 Å². The zero-order chi connectivity index (χ0) is 39.6. The zero-order valence-electron chi connectivity index (χ0n) is 26.6. The first kappa shape index (κ1) is 43.0. The molecule has 1 fully saturated rings. The van der Waals surface area contributed by atoms with E-state index in [9.17, 15) is 50.2 Å². The first-order valence-electron chi connectivity index (χ1n) is 14.8. The fraction of sp³-hybridized carbons (Fsp3) is 0.400. The van der Waals surface area contributed by atoms with Gasteiger partial charge in [0.25, 0.3) is 0 Å². The predicted molar refractivity (Wildman–Crippen MR) is 168 cm³/mol. The number of aliphatic imine (C=N–C) groups is 1. The number of nitrogens with one attached hydrogen (secondary N) is 2. The minimum atomic E-state index is -5.08. The van der Waals surface area contributed by atoms with E-state index in [0.717, 1.165) is 35.7 Å². The summed E-state index contributed by atoms with van der Waals surface area (Å²) in [6, 6.07) is 9.09. The topological polar surface area (TPSA) is 238 Å². The first-order valence-corrected chi connectivity index (χ1v) is 15.2. The van der Waals surface area contributed by atoms with Crippen LogP contribution >= 0.6 is 11.6 Å². The van der Waals surface area contributed by atoms with Crippen LogP contribution in [0.3, 0.4) is 0 Å². The van der Waals surface area contributed by atoms with E-state index in [1.807, 2.05) is 18.2 Å². The number of aliphatic carboxylic acids is 3. The lowest BCUT2D eigenvalue weighted by Crippen LogP contribution is -2.40. The molecule has 2 aromatic rings. The Morgan fingerprint density at radius 3 is 2.04 bits per heavy atom. The van der Waals surface area contributed by atoms with Gasteiger partial charge in [-0.2, -0.15) is 26.3 Å². The quantitative estimate of drug-likeness (QED) is 0.0933. The molecule has 0 radical (unpaired) electrons. The number of piperidine rings is 1. The van der Waals surface area contributed by atoms with Gasteiger partial charge in [0.1, 0.15) is 5.82 Å². The molecular formula is C30H32ClF7N6O8. The van der Waals surface area contributed by atoms with Crippen molar-refractivity contribution in [2.75, 3.05) is 25.0 Å². The highest BCUT2D eigenvalue weighted by atomic mass is 35.5. The Morgan fingerprint density at radius 1 is 0.923 bits per heavy atom. The molecule has 52 heavy (non-hydrogen) atoms. The van der Waals surface area contributed by atoms with Crippen LogP contribution in [0.4, 0.5) is 36.4 Å². The van der Waals surface area contributed by atoms with Crippen LogP contribution in [0.25, 0.3) is 0 Å². The molecule has 14 nitrogen and oxygen atoms in total. The van der Waals surface area contributed by atoms with Gasteiger partial charge in [0, 0.05) is 31.2 Å². The van der Waals surface area contributed by atoms with Gasteiger partial charge in [0.15, 0.2) is 5.96 Å². The van der Waals surface area contributed by atoms with Crippen LogP contribution < -0.4 is 22.1 Å². The number of fused-ring (bicyclic) bond motifs is 1. The Balaban J connectivity index is 0.000000564. The molecule has 9 N–H and O–H groups in total. The SMILES string of the molecule is NC(N)=NC[C@H]1Cc2cc(CN3CCC[C@H](C(=O)O)C3)ccc2[C@@H]1NC(=O)C(=O)Nc1ccc(Cl)c(F)c1.O=C(O)C(F)(F)F.O=C(O)C(F)(F)F. The first-order chi connectivity index (χ1) is 24.0. The number of nitrogens with zero attached hydrogens (tertiary/aromatic N) is 2. The number of likely N-dealkylation sites (tertiary alicyclic amines) is 1. The van der Waals surface area contributed by atoms with E-state index in [0.29, 0.717) is 25.9 Å². The normalized spacial score (nSPS) is 18.3. The number of carboxylic acids is 3. The monoisotopic (exact) mass is 772 g/mol. The molecule has 22 heteroatoms. The maximum absolute atomic E-state index is 13.7.